The molecule has 5 heteroatoms. The van der Waals surface area contributed by atoms with E-state index in [1.54, 1.807) is 6.07 Å². The number of halogens is 2. The Bertz CT molecular complexity index is 698. The number of hydrogen-bond donors (Lipinski definition) is 0. The molecule has 0 aromatic heterocycles. The van der Waals surface area contributed by atoms with Crippen molar-refractivity contribution in [3.05, 3.63) is 65.7 Å². The van der Waals surface area contributed by atoms with E-state index in [0.717, 1.165) is 18.1 Å². The molecule has 1 saturated heterocycles. The Morgan fingerprint density at radius 1 is 0.917 bits per heavy atom. The van der Waals surface area contributed by atoms with Gasteiger partial charge in [0.15, 0.2) is 11.6 Å². The van der Waals surface area contributed by atoms with Crippen molar-refractivity contribution in [2.24, 2.45) is 0 Å². The van der Waals surface area contributed by atoms with E-state index in [2.05, 4.69) is 0 Å². The lowest BCUT2D eigenvalue weighted by Crippen LogP contribution is -2.48. The number of benzene rings is 2. The molecule has 0 bridgehead atoms. The Balaban J connectivity index is 1.51. The number of carbonyl (C=O) groups excluding carboxylic acids is 1. The van der Waals surface area contributed by atoms with Gasteiger partial charge in [-0.2, -0.15) is 0 Å². The van der Waals surface area contributed by atoms with Gasteiger partial charge in [0.05, 0.1) is 0 Å². The van der Waals surface area contributed by atoms with Gasteiger partial charge in [-0.1, -0.05) is 30.3 Å². The fourth-order valence-electron chi connectivity index (χ4n) is 2.95. The highest BCUT2D eigenvalue weighted by molar-refractivity contribution is 5.76. The minimum absolute atomic E-state index is 0.142. The second-order valence-corrected chi connectivity index (χ2v) is 5.95. The summed E-state index contributed by atoms with van der Waals surface area (Å²) < 4.78 is 26.3. The Hall–Kier alpha value is -2.43. The average molecular weight is 330 g/mol. The van der Waals surface area contributed by atoms with Crippen molar-refractivity contribution in [1.29, 1.82) is 0 Å². The van der Waals surface area contributed by atoms with E-state index in [1.165, 1.54) is 6.07 Å². The van der Waals surface area contributed by atoms with Crippen LogP contribution in [-0.4, -0.2) is 37.0 Å². The van der Waals surface area contributed by atoms with Crippen LogP contribution in [0.1, 0.15) is 12.0 Å². The first kappa shape index (κ1) is 16.4. The van der Waals surface area contributed by atoms with E-state index in [-0.39, 0.29) is 5.91 Å². The molecule has 0 unspecified atom stereocenters. The summed E-state index contributed by atoms with van der Waals surface area (Å²) in [5.41, 5.74) is 1.82. The number of hydrogen-bond acceptors (Lipinski definition) is 2. The van der Waals surface area contributed by atoms with E-state index >= 15 is 0 Å². The summed E-state index contributed by atoms with van der Waals surface area (Å²) in [4.78, 5) is 16.1. The third-order valence-electron chi connectivity index (χ3n) is 4.37. The van der Waals surface area contributed by atoms with E-state index < -0.39 is 11.6 Å². The van der Waals surface area contributed by atoms with Gasteiger partial charge in [0.25, 0.3) is 0 Å². The van der Waals surface area contributed by atoms with Crippen molar-refractivity contribution < 1.29 is 13.6 Å². The number of aryl methyl sites for hydroxylation is 1. The third-order valence-corrected chi connectivity index (χ3v) is 4.37. The summed E-state index contributed by atoms with van der Waals surface area (Å²) in [7, 11) is 0. The SMILES string of the molecule is O=C(CCc1ccccc1)N1CCN(c2ccc(F)c(F)c2)CC1. The summed E-state index contributed by atoms with van der Waals surface area (Å²) in [5.74, 6) is -1.54. The molecule has 3 rings (SSSR count). The Morgan fingerprint density at radius 3 is 2.29 bits per heavy atom. The van der Waals surface area contributed by atoms with E-state index in [9.17, 15) is 13.6 Å². The molecule has 24 heavy (non-hydrogen) atoms. The molecule has 1 heterocycles. The zero-order valence-corrected chi connectivity index (χ0v) is 13.4. The molecule has 1 aliphatic rings. The van der Waals surface area contributed by atoms with Gasteiger partial charge in [-0.3, -0.25) is 4.79 Å². The summed E-state index contributed by atoms with van der Waals surface area (Å²) in [6.45, 7) is 2.46. The summed E-state index contributed by atoms with van der Waals surface area (Å²) in [6.07, 6.45) is 1.23. The summed E-state index contributed by atoms with van der Waals surface area (Å²) >= 11 is 0. The van der Waals surface area contributed by atoms with Crippen LogP contribution in [0.2, 0.25) is 0 Å². The van der Waals surface area contributed by atoms with E-state index in [0.29, 0.717) is 38.3 Å². The predicted octanol–water partition coefficient (Wildman–Crippen LogP) is 3.25. The quantitative estimate of drug-likeness (QED) is 0.859. The zero-order valence-electron chi connectivity index (χ0n) is 13.4. The summed E-state index contributed by atoms with van der Waals surface area (Å²) in [6, 6.07) is 13.9. The maximum Gasteiger partial charge on any atom is 0.223 e. The number of nitrogens with zero attached hydrogens (tertiary/aromatic N) is 2. The minimum atomic E-state index is -0.839. The van der Waals surface area contributed by atoms with Crippen molar-refractivity contribution in [2.75, 3.05) is 31.1 Å². The van der Waals surface area contributed by atoms with Crippen molar-refractivity contribution >= 4 is 11.6 Å². The Kier molecular flexibility index (Phi) is 5.08. The van der Waals surface area contributed by atoms with Crippen LogP contribution in [-0.2, 0) is 11.2 Å². The molecule has 1 fully saturated rings. The van der Waals surface area contributed by atoms with Crippen LogP contribution in [0.3, 0.4) is 0 Å². The second-order valence-electron chi connectivity index (χ2n) is 5.95. The number of piperazine rings is 1. The van der Waals surface area contributed by atoms with Gasteiger partial charge in [0, 0.05) is 44.4 Å². The molecule has 3 nitrogen and oxygen atoms in total. The van der Waals surface area contributed by atoms with Crippen LogP contribution >= 0.6 is 0 Å². The van der Waals surface area contributed by atoms with Crippen LogP contribution in [0, 0.1) is 11.6 Å². The summed E-state index contributed by atoms with van der Waals surface area (Å²) in [5, 5.41) is 0. The van der Waals surface area contributed by atoms with Crippen molar-refractivity contribution in [3.8, 4) is 0 Å². The zero-order chi connectivity index (χ0) is 16.9. The van der Waals surface area contributed by atoms with Gasteiger partial charge >= 0.3 is 0 Å². The van der Waals surface area contributed by atoms with E-state index in [4.69, 9.17) is 0 Å². The van der Waals surface area contributed by atoms with Crippen molar-refractivity contribution in [2.45, 2.75) is 12.8 Å². The molecular weight excluding hydrogens is 310 g/mol. The maximum atomic E-state index is 13.3. The second kappa shape index (κ2) is 7.43. The smallest absolute Gasteiger partial charge is 0.223 e. The van der Waals surface area contributed by atoms with Gasteiger partial charge in [-0.15, -0.1) is 0 Å². The predicted molar refractivity (Wildman–Crippen MR) is 89.9 cm³/mol. The van der Waals surface area contributed by atoms with Gasteiger partial charge < -0.3 is 9.80 Å². The molecule has 2 aromatic carbocycles. The topological polar surface area (TPSA) is 23.6 Å². The highest BCUT2D eigenvalue weighted by Gasteiger charge is 2.21. The van der Waals surface area contributed by atoms with Crippen LogP contribution < -0.4 is 4.90 Å². The van der Waals surface area contributed by atoms with Crippen molar-refractivity contribution in [1.82, 2.24) is 4.90 Å². The monoisotopic (exact) mass is 330 g/mol. The lowest BCUT2D eigenvalue weighted by molar-refractivity contribution is -0.131. The largest absolute Gasteiger partial charge is 0.368 e. The standard InChI is InChI=1S/C19H20F2N2O/c20-17-8-7-16(14-18(17)21)22-10-12-23(13-11-22)19(24)9-6-15-4-2-1-3-5-15/h1-5,7-8,14H,6,9-13H2. The molecular formula is C19H20F2N2O. The van der Waals surface area contributed by atoms with Gasteiger partial charge in [0.2, 0.25) is 5.91 Å². The number of rotatable bonds is 4. The van der Waals surface area contributed by atoms with Crippen LogP contribution in [0.4, 0.5) is 14.5 Å². The van der Waals surface area contributed by atoms with Crippen LogP contribution in [0.15, 0.2) is 48.5 Å². The fourth-order valence-corrected chi connectivity index (χ4v) is 2.95. The molecule has 126 valence electrons. The molecule has 0 spiro atoms. The van der Waals surface area contributed by atoms with Gasteiger partial charge in [-0.05, 0) is 24.1 Å². The van der Waals surface area contributed by atoms with Crippen LogP contribution in [0.25, 0.3) is 0 Å². The molecule has 1 aliphatic heterocycles. The Morgan fingerprint density at radius 2 is 1.62 bits per heavy atom. The number of amides is 1. The number of anilines is 1. The lowest BCUT2D eigenvalue weighted by Gasteiger charge is -2.36. The number of carbonyl (C=O) groups is 1. The van der Waals surface area contributed by atoms with Crippen LogP contribution in [0.5, 0.6) is 0 Å². The highest BCUT2D eigenvalue weighted by atomic mass is 19.2. The first-order chi connectivity index (χ1) is 11.6. The Labute approximate surface area is 140 Å². The van der Waals surface area contributed by atoms with Gasteiger partial charge in [0.1, 0.15) is 0 Å². The molecule has 0 N–H and O–H groups in total. The molecule has 0 atom stereocenters. The lowest BCUT2D eigenvalue weighted by atomic mass is 10.1. The van der Waals surface area contributed by atoms with E-state index in [1.807, 2.05) is 40.1 Å². The maximum absolute atomic E-state index is 13.3. The molecule has 1 amide bonds. The molecule has 0 aliphatic carbocycles. The average Bonchev–Trinajstić information content (AvgIpc) is 2.63. The minimum Gasteiger partial charge on any atom is -0.368 e. The first-order valence-electron chi connectivity index (χ1n) is 8.15. The fraction of sp³-hybridized carbons (Fsp3) is 0.316. The highest BCUT2D eigenvalue weighted by Crippen LogP contribution is 2.20. The van der Waals surface area contributed by atoms with Crippen molar-refractivity contribution in [3.63, 3.8) is 0 Å². The van der Waals surface area contributed by atoms with Gasteiger partial charge in [-0.25, -0.2) is 8.78 Å². The molecule has 0 saturated carbocycles. The molecule has 2 aromatic rings. The normalized spacial score (nSPS) is 14.8. The third kappa shape index (κ3) is 3.91. The molecule has 0 radical (unpaired) electrons. The first-order valence-corrected chi connectivity index (χ1v) is 8.15.